The van der Waals surface area contributed by atoms with Crippen molar-refractivity contribution in [2.24, 2.45) is 17.3 Å². The minimum atomic E-state index is -0.302. The van der Waals surface area contributed by atoms with Gasteiger partial charge in [-0.3, -0.25) is 0 Å². The van der Waals surface area contributed by atoms with Crippen LogP contribution in [0.5, 0.6) is 0 Å². The number of hydrogen-bond acceptors (Lipinski definition) is 3. The van der Waals surface area contributed by atoms with Crippen LogP contribution in [0.25, 0.3) is 0 Å². The molecule has 1 heterocycles. The number of epoxide rings is 1. The molecule has 2 fully saturated rings. The number of esters is 1. The van der Waals surface area contributed by atoms with Crippen molar-refractivity contribution in [3.05, 3.63) is 11.6 Å². The van der Waals surface area contributed by atoms with Crippen LogP contribution >= 0.6 is 0 Å². The molecule has 94 valence electrons. The van der Waals surface area contributed by atoms with E-state index in [1.165, 1.54) is 7.11 Å². The first kappa shape index (κ1) is 11.3. The maximum atomic E-state index is 11.9. The Morgan fingerprint density at radius 1 is 1.53 bits per heavy atom. The molecule has 3 heteroatoms. The van der Waals surface area contributed by atoms with Gasteiger partial charge in [-0.25, -0.2) is 4.79 Å². The van der Waals surface area contributed by atoms with E-state index in [9.17, 15) is 4.79 Å². The average molecular weight is 236 g/mol. The van der Waals surface area contributed by atoms with Crippen molar-refractivity contribution in [1.29, 1.82) is 0 Å². The fraction of sp³-hybridized carbons (Fsp3) is 0.786. The van der Waals surface area contributed by atoms with Crippen molar-refractivity contribution < 1.29 is 14.3 Å². The average Bonchev–Trinajstić information content (AvgIpc) is 2.94. The quantitative estimate of drug-likeness (QED) is 0.518. The molecule has 3 aliphatic rings. The second-order valence-corrected chi connectivity index (χ2v) is 6.47. The normalized spacial score (nSPS) is 45.6. The standard InChI is InChI=1S/C14H20O3/c1-8-5-9-7-13(2,3)12-14(9,17-12)10(6-8)11(15)16-4/h6,8-9,12H,5,7H2,1-4H3/t8-,9+,12+,14+/m1/s1. The Balaban J connectivity index is 2.02. The van der Waals surface area contributed by atoms with Crippen LogP contribution in [0.4, 0.5) is 0 Å². The number of carbonyl (C=O) groups is 1. The molecule has 3 nitrogen and oxygen atoms in total. The lowest BCUT2D eigenvalue weighted by Crippen LogP contribution is -2.34. The predicted octanol–water partition coefficient (Wildman–Crippen LogP) is 2.31. The van der Waals surface area contributed by atoms with Gasteiger partial charge >= 0.3 is 5.97 Å². The smallest absolute Gasteiger partial charge is 0.336 e. The molecular formula is C14H20O3. The second kappa shape index (κ2) is 3.14. The Morgan fingerprint density at radius 2 is 2.24 bits per heavy atom. The number of carbonyl (C=O) groups excluding carboxylic acids is 1. The van der Waals surface area contributed by atoms with E-state index in [0.29, 0.717) is 11.8 Å². The third-order valence-corrected chi connectivity index (χ3v) is 4.67. The molecule has 2 aliphatic carbocycles. The zero-order chi connectivity index (χ0) is 12.4. The van der Waals surface area contributed by atoms with E-state index < -0.39 is 0 Å². The first-order valence-corrected chi connectivity index (χ1v) is 6.40. The first-order chi connectivity index (χ1) is 7.91. The Morgan fingerprint density at radius 3 is 2.82 bits per heavy atom. The topological polar surface area (TPSA) is 38.8 Å². The number of ether oxygens (including phenoxy) is 2. The molecule has 0 bridgehead atoms. The predicted molar refractivity (Wildman–Crippen MR) is 63.4 cm³/mol. The van der Waals surface area contributed by atoms with E-state index in [2.05, 4.69) is 26.8 Å². The first-order valence-electron chi connectivity index (χ1n) is 6.40. The molecule has 0 aromatic rings. The number of methoxy groups -OCH3 is 1. The summed E-state index contributed by atoms with van der Waals surface area (Å²) in [5, 5.41) is 0. The summed E-state index contributed by atoms with van der Waals surface area (Å²) < 4.78 is 10.9. The Kier molecular flexibility index (Phi) is 2.08. The summed E-state index contributed by atoms with van der Waals surface area (Å²) >= 11 is 0. The Bertz CT molecular complexity index is 410. The van der Waals surface area contributed by atoms with Crippen LogP contribution in [0.1, 0.15) is 33.6 Å². The Labute approximate surface area is 102 Å². The number of hydrogen-bond donors (Lipinski definition) is 0. The van der Waals surface area contributed by atoms with Crippen LogP contribution in [0.15, 0.2) is 11.6 Å². The SMILES string of the molecule is COC(=O)C1=C[C@H](C)C[C@H]2CC(C)(C)[C@@H]3O[C@]123. The maximum absolute atomic E-state index is 11.9. The monoisotopic (exact) mass is 236 g/mol. The molecule has 0 unspecified atom stereocenters. The molecule has 0 aromatic heterocycles. The molecule has 1 aliphatic heterocycles. The van der Waals surface area contributed by atoms with Crippen molar-refractivity contribution in [1.82, 2.24) is 0 Å². The van der Waals surface area contributed by atoms with Crippen LogP contribution in [-0.2, 0) is 14.3 Å². The van der Waals surface area contributed by atoms with E-state index in [0.717, 1.165) is 18.4 Å². The highest BCUT2D eigenvalue weighted by atomic mass is 16.6. The van der Waals surface area contributed by atoms with Gasteiger partial charge in [-0.15, -0.1) is 0 Å². The third-order valence-electron chi connectivity index (χ3n) is 4.67. The van der Waals surface area contributed by atoms with Crippen molar-refractivity contribution in [2.45, 2.75) is 45.3 Å². The van der Waals surface area contributed by atoms with Gasteiger partial charge in [0.25, 0.3) is 0 Å². The fourth-order valence-corrected chi connectivity index (χ4v) is 4.06. The lowest BCUT2D eigenvalue weighted by atomic mass is 9.75. The third kappa shape index (κ3) is 1.29. The molecule has 0 amide bonds. The van der Waals surface area contributed by atoms with Crippen molar-refractivity contribution in [3.8, 4) is 0 Å². The van der Waals surface area contributed by atoms with Crippen LogP contribution in [0.3, 0.4) is 0 Å². The zero-order valence-corrected chi connectivity index (χ0v) is 10.9. The van der Waals surface area contributed by atoms with Crippen LogP contribution in [0.2, 0.25) is 0 Å². The van der Waals surface area contributed by atoms with Crippen LogP contribution in [-0.4, -0.2) is 24.8 Å². The summed E-state index contributed by atoms with van der Waals surface area (Å²) in [5.74, 6) is 0.719. The summed E-state index contributed by atoms with van der Waals surface area (Å²) in [6, 6.07) is 0. The lowest BCUT2D eigenvalue weighted by molar-refractivity contribution is -0.137. The number of rotatable bonds is 1. The van der Waals surface area contributed by atoms with Crippen molar-refractivity contribution in [2.75, 3.05) is 7.11 Å². The summed E-state index contributed by atoms with van der Waals surface area (Å²) in [6.07, 6.45) is 4.54. The molecule has 1 saturated heterocycles. The summed E-state index contributed by atoms with van der Waals surface area (Å²) in [5.41, 5.74) is 0.657. The summed E-state index contributed by atoms with van der Waals surface area (Å²) in [6.45, 7) is 6.65. The van der Waals surface area contributed by atoms with Crippen molar-refractivity contribution in [3.63, 3.8) is 0 Å². The highest BCUT2D eigenvalue weighted by Crippen LogP contribution is 2.68. The van der Waals surface area contributed by atoms with Gasteiger partial charge in [0.15, 0.2) is 0 Å². The molecule has 1 saturated carbocycles. The van der Waals surface area contributed by atoms with Gasteiger partial charge in [0.05, 0.1) is 18.8 Å². The zero-order valence-electron chi connectivity index (χ0n) is 10.9. The van der Waals surface area contributed by atoms with E-state index in [1.54, 1.807) is 0 Å². The fourth-order valence-electron chi connectivity index (χ4n) is 4.06. The van der Waals surface area contributed by atoms with E-state index in [4.69, 9.17) is 9.47 Å². The Hall–Kier alpha value is -0.830. The van der Waals surface area contributed by atoms with E-state index in [-0.39, 0.29) is 23.1 Å². The van der Waals surface area contributed by atoms with Gasteiger partial charge in [-0.2, -0.15) is 0 Å². The van der Waals surface area contributed by atoms with Crippen LogP contribution in [0, 0.1) is 17.3 Å². The molecule has 1 spiro atoms. The molecule has 3 rings (SSSR count). The van der Waals surface area contributed by atoms with Gasteiger partial charge in [0.2, 0.25) is 0 Å². The molecular weight excluding hydrogens is 216 g/mol. The molecule has 0 N–H and O–H groups in total. The van der Waals surface area contributed by atoms with Crippen molar-refractivity contribution >= 4 is 5.97 Å². The molecule has 0 aromatic carbocycles. The van der Waals surface area contributed by atoms with Gasteiger partial charge in [-0.05, 0) is 30.1 Å². The molecule has 0 radical (unpaired) electrons. The second-order valence-electron chi connectivity index (χ2n) is 6.47. The largest absolute Gasteiger partial charge is 0.466 e. The van der Waals surface area contributed by atoms with Gasteiger partial charge in [0, 0.05) is 0 Å². The van der Waals surface area contributed by atoms with Gasteiger partial charge in [-0.1, -0.05) is 26.8 Å². The minimum absolute atomic E-state index is 0.182. The summed E-state index contributed by atoms with van der Waals surface area (Å²) in [4.78, 5) is 11.9. The molecule has 4 atom stereocenters. The minimum Gasteiger partial charge on any atom is -0.466 e. The molecule has 17 heavy (non-hydrogen) atoms. The van der Waals surface area contributed by atoms with Crippen LogP contribution < -0.4 is 0 Å². The highest BCUT2D eigenvalue weighted by Gasteiger charge is 2.75. The van der Waals surface area contributed by atoms with Gasteiger partial charge < -0.3 is 9.47 Å². The highest BCUT2D eigenvalue weighted by molar-refractivity contribution is 5.92. The lowest BCUT2D eigenvalue weighted by Gasteiger charge is -2.30. The maximum Gasteiger partial charge on any atom is 0.336 e. The van der Waals surface area contributed by atoms with E-state index in [1.807, 2.05) is 0 Å². The summed E-state index contributed by atoms with van der Waals surface area (Å²) in [7, 11) is 1.45. The van der Waals surface area contributed by atoms with E-state index >= 15 is 0 Å². The number of allylic oxidation sites excluding steroid dienone is 1. The van der Waals surface area contributed by atoms with Gasteiger partial charge in [0.1, 0.15) is 5.60 Å².